The Morgan fingerprint density at radius 3 is 2.63 bits per heavy atom. The Bertz CT molecular complexity index is 1080. The Kier molecular flexibility index (Phi) is 6.40. The molecule has 158 valence electrons. The highest BCUT2D eigenvalue weighted by molar-refractivity contribution is 7.89. The van der Waals surface area contributed by atoms with Crippen molar-refractivity contribution in [3.8, 4) is 11.3 Å². The van der Waals surface area contributed by atoms with E-state index in [2.05, 4.69) is 20.0 Å². The molecule has 0 saturated heterocycles. The number of hydrogen-bond acceptors (Lipinski definition) is 6. The molecule has 2 aromatic heterocycles. The lowest BCUT2D eigenvalue weighted by molar-refractivity contribution is 0.324. The number of sulfonamides is 1. The molecular formula is C21H23FN4O2S2. The van der Waals surface area contributed by atoms with E-state index in [9.17, 15) is 12.8 Å². The number of benzene rings is 1. The predicted octanol–water partition coefficient (Wildman–Crippen LogP) is 4.29. The van der Waals surface area contributed by atoms with Crippen molar-refractivity contribution in [2.24, 2.45) is 5.92 Å². The average Bonchev–Trinajstić information content (AvgIpc) is 3.23. The van der Waals surface area contributed by atoms with E-state index in [1.807, 2.05) is 17.5 Å². The second-order valence-electron chi connectivity index (χ2n) is 7.43. The number of aromatic nitrogens is 2. The molecule has 30 heavy (non-hydrogen) atoms. The van der Waals surface area contributed by atoms with Gasteiger partial charge in [0.25, 0.3) is 0 Å². The van der Waals surface area contributed by atoms with Crippen molar-refractivity contribution in [3.05, 3.63) is 60.0 Å². The van der Waals surface area contributed by atoms with Crippen LogP contribution in [-0.4, -0.2) is 31.0 Å². The number of rotatable bonds is 7. The first-order valence-corrected chi connectivity index (χ1v) is 12.2. The Labute approximate surface area is 179 Å². The van der Waals surface area contributed by atoms with Gasteiger partial charge in [-0.1, -0.05) is 12.1 Å². The van der Waals surface area contributed by atoms with Crippen molar-refractivity contribution in [1.29, 1.82) is 0 Å². The molecule has 0 unspecified atom stereocenters. The summed E-state index contributed by atoms with van der Waals surface area (Å²) in [7, 11) is -3.84. The molecule has 1 saturated carbocycles. The molecule has 3 aromatic rings. The van der Waals surface area contributed by atoms with E-state index in [0.29, 0.717) is 5.92 Å². The molecule has 0 aliphatic heterocycles. The maximum Gasteiger partial charge on any atom is 0.243 e. The highest BCUT2D eigenvalue weighted by Gasteiger charge is 2.27. The number of nitrogens with one attached hydrogen (secondary N) is 2. The van der Waals surface area contributed by atoms with Gasteiger partial charge in [-0.2, -0.15) is 0 Å². The smallest absolute Gasteiger partial charge is 0.243 e. The first-order valence-electron chi connectivity index (χ1n) is 9.88. The fourth-order valence-electron chi connectivity index (χ4n) is 3.66. The van der Waals surface area contributed by atoms with Gasteiger partial charge in [-0.15, -0.1) is 11.3 Å². The second kappa shape index (κ2) is 9.20. The molecule has 6 nitrogen and oxygen atoms in total. The Morgan fingerprint density at radius 1 is 1.10 bits per heavy atom. The zero-order valence-electron chi connectivity index (χ0n) is 16.3. The summed E-state index contributed by atoms with van der Waals surface area (Å²) in [5.41, 5.74) is 1.89. The van der Waals surface area contributed by atoms with E-state index in [0.717, 1.165) is 54.7 Å². The SMILES string of the molecule is O=S(=O)(NC1CCC(CNc2nc(-c3cccnc3)cs2)CC1)c1ccccc1F. The van der Waals surface area contributed by atoms with Crippen molar-refractivity contribution < 1.29 is 12.8 Å². The van der Waals surface area contributed by atoms with Gasteiger partial charge in [-0.3, -0.25) is 4.98 Å². The number of halogens is 1. The van der Waals surface area contributed by atoms with Crippen molar-refractivity contribution >= 4 is 26.5 Å². The summed E-state index contributed by atoms with van der Waals surface area (Å²) < 4.78 is 41.4. The van der Waals surface area contributed by atoms with Crippen LogP contribution in [0.2, 0.25) is 0 Å². The summed E-state index contributed by atoms with van der Waals surface area (Å²) in [4.78, 5) is 8.44. The molecule has 2 heterocycles. The molecule has 0 atom stereocenters. The van der Waals surface area contributed by atoms with Crippen LogP contribution in [0, 0.1) is 11.7 Å². The van der Waals surface area contributed by atoms with E-state index >= 15 is 0 Å². The van der Waals surface area contributed by atoms with Crippen LogP contribution in [0.5, 0.6) is 0 Å². The zero-order chi connectivity index (χ0) is 21.0. The van der Waals surface area contributed by atoms with Gasteiger partial charge in [0.15, 0.2) is 5.13 Å². The van der Waals surface area contributed by atoms with Crippen molar-refractivity contribution in [2.45, 2.75) is 36.6 Å². The van der Waals surface area contributed by atoms with Crippen molar-refractivity contribution in [1.82, 2.24) is 14.7 Å². The van der Waals surface area contributed by atoms with Gasteiger partial charge in [0, 0.05) is 35.9 Å². The van der Waals surface area contributed by atoms with Gasteiger partial charge in [-0.05, 0) is 55.9 Å². The van der Waals surface area contributed by atoms with E-state index in [4.69, 9.17) is 0 Å². The maximum atomic E-state index is 13.8. The quantitative estimate of drug-likeness (QED) is 0.566. The van der Waals surface area contributed by atoms with Crippen LogP contribution in [0.15, 0.2) is 59.1 Å². The van der Waals surface area contributed by atoms with Gasteiger partial charge in [0.05, 0.1) is 5.69 Å². The number of thiazole rings is 1. The zero-order valence-corrected chi connectivity index (χ0v) is 17.9. The van der Waals surface area contributed by atoms with E-state index < -0.39 is 15.8 Å². The van der Waals surface area contributed by atoms with Crippen LogP contribution in [-0.2, 0) is 10.0 Å². The molecule has 4 rings (SSSR count). The Hall–Kier alpha value is -2.36. The third-order valence-electron chi connectivity index (χ3n) is 5.30. The fraction of sp³-hybridized carbons (Fsp3) is 0.333. The van der Waals surface area contributed by atoms with Crippen LogP contribution < -0.4 is 10.0 Å². The molecule has 0 bridgehead atoms. The van der Waals surface area contributed by atoms with Crippen LogP contribution in [0.1, 0.15) is 25.7 Å². The molecule has 0 spiro atoms. The van der Waals surface area contributed by atoms with Gasteiger partial charge < -0.3 is 5.32 Å². The minimum absolute atomic E-state index is 0.164. The average molecular weight is 447 g/mol. The predicted molar refractivity (Wildman–Crippen MR) is 116 cm³/mol. The van der Waals surface area contributed by atoms with Gasteiger partial charge >= 0.3 is 0 Å². The first-order chi connectivity index (χ1) is 14.5. The fourth-order valence-corrected chi connectivity index (χ4v) is 5.78. The lowest BCUT2D eigenvalue weighted by Crippen LogP contribution is -2.38. The van der Waals surface area contributed by atoms with Crippen LogP contribution in [0.25, 0.3) is 11.3 Å². The summed E-state index contributed by atoms with van der Waals surface area (Å²) in [5.74, 6) is -0.276. The highest BCUT2D eigenvalue weighted by atomic mass is 32.2. The summed E-state index contributed by atoms with van der Waals surface area (Å²) in [6.45, 7) is 0.798. The van der Waals surface area contributed by atoms with Crippen LogP contribution in [0.4, 0.5) is 9.52 Å². The van der Waals surface area contributed by atoms with Crippen molar-refractivity contribution in [2.75, 3.05) is 11.9 Å². The van der Waals surface area contributed by atoms with E-state index in [-0.39, 0.29) is 10.9 Å². The normalized spacial score (nSPS) is 19.5. The van der Waals surface area contributed by atoms with Gasteiger partial charge in [0.1, 0.15) is 10.7 Å². The summed E-state index contributed by atoms with van der Waals surface area (Å²) in [6, 6.07) is 9.17. The van der Waals surface area contributed by atoms with Crippen LogP contribution in [0.3, 0.4) is 0 Å². The Balaban J connectivity index is 1.26. The van der Waals surface area contributed by atoms with Gasteiger partial charge in [0.2, 0.25) is 10.0 Å². The number of hydrogen-bond donors (Lipinski definition) is 2. The minimum Gasteiger partial charge on any atom is -0.361 e. The van der Waals surface area contributed by atoms with Crippen LogP contribution >= 0.6 is 11.3 Å². The molecule has 1 aliphatic rings. The molecule has 1 aliphatic carbocycles. The molecule has 2 N–H and O–H groups in total. The highest BCUT2D eigenvalue weighted by Crippen LogP contribution is 2.28. The number of pyridine rings is 1. The Morgan fingerprint density at radius 2 is 1.90 bits per heavy atom. The van der Waals surface area contributed by atoms with Crippen molar-refractivity contribution in [3.63, 3.8) is 0 Å². The second-order valence-corrected chi connectivity index (χ2v) is 9.97. The summed E-state index contributed by atoms with van der Waals surface area (Å²) >= 11 is 1.56. The molecule has 9 heteroatoms. The lowest BCUT2D eigenvalue weighted by Gasteiger charge is -2.29. The summed E-state index contributed by atoms with van der Waals surface area (Å²) in [6.07, 6.45) is 6.80. The third kappa shape index (κ3) is 5.03. The third-order valence-corrected chi connectivity index (χ3v) is 7.65. The monoisotopic (exact) mass is 446 g/mol. The lowest BCUT2D eigenvalue weighted by atomic mass is 9.86. The first kappa shape index (κ1) is 20.9. The largest absolute Gasteiger partial charge is 0.361 e. The molecular weight excluding hydrogens is 423 g/mol. The topological polar surface area (TPSA) is 84.0 Å². The van der Waals surface area contributed by atoms with E-state index in [1.165, 1.54) is 18.2 Å². The molecule has 1 fully saturated rings. The number of anilines is 1. The molecule has 1 aromatic carbocycles. The van der Waals surface area contributed by atoms with E-state index in [1.54, 1.807) is 23.7 Å². The number of nitrogens with zero attached hydrogens (tertiary/aromatic N) is 2. The standard InChI is InChI=1S/C21H23FN4O2S2/c22-18-5-1-2-6-20(18)30(27,28)26-17-9-7-15(8-10-17)12-24-21-25-19(14-29-21)16-4-3-11-23-13-16/h1-6,11,13-15,17,26H,7-10,12H2,(H,24,25). The van der Waals surface area contributed by atoms with Gasteiger partial charge in [-0.25, -0.2) is 22.5 Å². The summed E-state index contributed by atoms with van der Waals surface area (Å²) in [5, 5.41) is 6.28. The maximum absolute atomic E-state index is 13.8. The minimum atomic E-state index is -3.84. The molecule has 0 radical (unpaired) electrons. The molecule has 0 amide bonds.